The number of nitrogens with zero attached hydrogens (tertiary/aromatic N) is 1. The van der Waals surface area contributed by atoms with Crippen LogP contribution in [0.3, 0.4) is 0 Å². The number of carboxylic acid groups (broad SMARTS) is 1. The largest absolute Gasteiger partial charge is 0.490 e. The number of nitrogens with one attached hydrogen (secondary N) is 1. The Hall–Kier alpha value is -1.35. The molecule has 3 aliphatic rings. The zero-order chi connectivity index (χ0) is 17.2. The van der Waals surface area contributed by atoms with E-state index < -0.39 is 12.1 Å². The van der Waals surface area contributed by atoms with Gasteiger partial charge in [0, 0.05) is 26.7 Å². The van der Waals surface area contributed by atoms with Crippen molar-refractivity contribution in [1.29, 1.82) is 0 Å². The summed E-state index contributed by atoms with van der Waals surface area (Å²) in [5.74, 6) is -1.59. The first-order valence-electron chi connectivity index (χ1n) is 7.60. The number of hydrogen-bond donors (Lipinski definition) is 2. The number of ether oxygens (including phenoxy) is 1. The molecule has 23 heavy (non-hydrogen) atoms. The quantitative estimate of drug-likeness (QED) is 0.798. The summed E-state index contributed by atoms with van der Waals surface area (Å²) >= 11 is 0. The monoisotopic (exact) mass is 338 g/mol. The number of carbonyl (C=O) groups excluding carboxylic acids is 1. The Balaban J connectivity index is 0.000000236. The van der Waals surface area contributed by atoms with Crippen molar-refractivity contribution in [3.05, 3.63) is 0 Å². The molecule has 0 aromatic carbocycles. The van der Waals surface area contributed by atoms with E-state index in [4.69, 9.17) is 14.6 Å². The fourth-order valence-electron chi connectivity index (χ4n) is 3.01. The van der Waals surface area contributed by atoms with E-state index in [0.29, 0.717) is 6.10 Å². The molecule has 1 aliphatic carbocycles. The predicted octanol–water partition coefficient (Wildman–Crippen LogP) is 0.865. The highest BCUT2D eigenvalue weighted by Gasteiger charge is 2.45. The number of morpholine rings is 1. The molecule has 2 aliphatic heterocycles. The number of rotatable bonds is 3. The Bertz CT molecular complexity index is 454. The number of halogens is 3. The summed E-state index contributed by atoms with van der Waals surface area (Å²) in [6, 6.07) is 0. The van der Waals surface area contributed by atoms with Crippen molar-refractivity contribution in [3.8, 4) is 0 Å². The van der Waals surface area contributed by atoms with Crippen molar-refractivity contribution in [2.75, 3.05) is 26.7 Å². The molecular weight excluding hydrogens is 317 g/mol. The number of likely N-dealkylation sites (tertiary alicyclic amines) is 1. The predicted molar refractivity (Wildman–Crippen MR) is 73.7 cm³/mol. The highest BCUT2D eigenvalue weighted by atomic mass is 19.4. The maximum absolute atomic E-state index is 11.7. The molecule has 2 bridgehead atoms. The van der Waals surface area contributed by atoms with E-state index in [9.17, 15) is 18.0 Å². The molecule has 1 amide bonds. The molecule has 2 heterocycles. The van der Waals surface area contributed by atoms with E-state index in [-0.39, 0.29) is 17.9 Å². The van der Waals surface area contributed by atoms with Gasteiger partial charge in [-0.1, -0.05) is 0 Å². The van der Waals surface area contributed by atoms with Gasteiger partial charge in [0.15, 0.2) is 0 Å². The van der Waals surface area contributed by atoms with Gasteiger partial charge >= 0.3 is 12.1 Å². The molecular formula is C14H21F3N2O4. The topological polar surface area (TPSA) is 78.9 Å². The number of alkyl halides is 3. The molecule has 0 aromatic heterocycles. The number of carboxylic acids is 1. The Labute approximate surface area is 132 Å². The third kappa shape index (κ3) is 5.07. The van der Waals surface area contributed by atoms with Crippen LogP contribution in [0, 0.1) is 11.8 Å². The minimum atomic E-state index is -5.08. The summed E-state index contributed by atoms with van der Waals surface area (Å²) in [6.07, 6.45) is -0.958. The van der Waals surface area contributed by atoms with Gasteiger partial charge in [-0.05, 0) is 25.2 Å². The van der Waals surface area contributed by atoms with Crippen molar-refractivity contribution in [1.82, 2.24) is 10.2 Å². The smallest absolute Gasteiger partial charge is 0.475 e. The lowest BCUT2D eigenvalue weighted by atomic mass is 10.00. The van der Waals surface area contributed by atoms with E-state index >= 15 is 0 Å². The van der Waals surface area contributed by atoms with Crippen LogP contribution in [0.1, 0.15) is 19.3 Å². The van der Waals surface area contributed by atoms with Crippen molar-refractivity contribution < 1.29 is 32.6 Å². The fraction of sp³-hybridized carbons (Fsp3) is 0.857. The highest BCUT2D eigenvalue weighted by molar-refractivity contribution is 5.79. The molecule has 0 aromatic rings. The van der Waals surface area contributed by atoms with Crippen LogP contribution in [0.5, 0.6) is 0 Å². The molecule has 0 radical (unpaired) electrons. The second kappa shape index (κ2) is 7.04. The molecule has 6 nitrogen and oxygen atoms in total. The fourth-order valence-corrected chi connectivity index (χ4v) is 3.01. The maximum Gasteiger partial charge on any atom is 0.490 e. The normalized spacial score (nSPS) is 30.3. The van der Waals surface area contributed by atoms with E-state index in [1.54, 1.807) is 7.05 Å². The second-order valence-electron chi connectivity index (χ2n) is 6.22. The lowest BCUT2D eigenvalue weighted by molar-refractivity contribution is -0.192. The molecule has 3 rings (SSSR count). The highest BCUT2D eigenvalue weighted by Crippen LogP contribution is 2.35. The van der Waals surface area contributed by atoms with Crippen LogP contribution in [0.15, 0.2) is 0 Å². The van der Waals surface area contributed by atoms with E-state index in [1.165, 1.54) is 19.4 Å². The summed E-state index contributed by atoms with van der Waals surface area (Å²) in [7, 11) is 1.71. The zero-order valence-corrected chi connectivity index (χ0v) is 12.8. The summed E-state index contributed by atoms with van der Waals surface area (Å²) < 4.78 is 37.6. The van der Waals surface area contributed by atoms with Crippen LogP contribution >= 0.6 is 0 Å². The number of fused-ring (bicyclic) bond motifs is 2. The molecule has 9 heteroatoms. The molecule has 132 valence electrons. The first-order valence-corrected chi connectivity index (χ1v) is 7.60. The van der Waals surface area contributed by atoms with Crippen LogP contribution in [0.4, 0.5) is 13.2 Å². The Morgan fingerprint density at radius 3 is 2.39 bits per heavy atom. The van der Waals surface area contributed by atoms with E-state index in [0.717, 1.165) is 25.4 Å². The van der Waals surface area contributed by atoms with Gasteiger partial charge in [0.25, 0.3) is 0 Å². The third-order valence-electron chi connectivity index (χ3n) is 4.27. The Morgan fingerprint density at radius 1 is 1.30 bits per heavy atom. The van der Waals surface area contributed by atoms with Gasteiger partial charge in [-0.2, -0.15) is 13.2 Å². The lowest BCUT2D eigenvalue weighted by Gasteiger charge is -2.32. The van der Waals surface area contributed by atoms with Crippen LogP contribution in [-0.2, 0) is 14.3 Å². The summed E-state index contributed by atoms with van der Waals surface area (Å²) in [5, 5.41) is 9.88. The van der Waals surface area contributed by atoms with Gasteiger partial charge in [-0.3, -0.25) is 9.69 Å². The molecule has 0 spiro atoms. The van der Waals surface area contributed by atoms with E-state index in [2.05, 4.69) is 10.2 Å². The number of hydrogen-bond acceptors (Lipinski definition) is 4. The standard InChI is InChI=1S/C12H20N2O2.C2HF3O2/c1-13-12(15)10-4-9-6-14(5-8-2-3-8)7-11(10)16-9;3-2(4,5)1(6)7/h8-11H,2-7H2,1H3,(H,13,15);(H,6,7)/t9-,10+,11-;/m1./s1. The molecule has 0 unspecified atom stereocenters. The average molecular weight is 338 g/mol. The second-order valence-corrected chi connectivity index (χ2v) is 6.22. The van der Waals surface area contributed by atoms with Crippen LogP contribution < -0.4 is 5.32 Å². The summed E-state index contributed by atoms with van der Waals surface area (Å²) in [5.41, 5.74) is 0. The molecule has 3 atom stereocenters. The average Bonchev–Trinajstić information content (AvgIpc) is 3.22. The Morgan fingerprint density at radius 2 is 1.91 bits per heavy atom. The van der Waals surface area contributed by atoms with Crippen LogP contribution in [0.25, 0.3) is 0 Å². The van der Waals surface area contributed by atoms with Crippen LogP contribution in [-0.4, -0.2) is 66.9 Å². The van der Waals surface area contributed by atoms with Crippen molar-refractivity contribution in [3.63, 3.8) is 0 Å². The maximum atomic E-state index is 11.7. The van der Waals surface area contributed by atoms with Gasteiger partial charge in [0.1, 0.15) is 0 Å². The summed E-state index contributed by atoms with van der Waals surface area (Å²) in [6.45, 7) is 3.20. The van der Waals surface area contributed by atoms with Crippen molar-refractivity contribution in [2.24, 2.45) is 11.8 Å². The lowest BCUT2D eigenvalue weighted by Crippen LogP contribution is -2.45. The summed E-state index contributed by atoms with van der Waals surface area (Å²) in [4.78, 5) is 23.1. The minimum absolute atomic E-state index is 0.0826. The van der Waals surface area contributed by atoms with Crippen molar-refractivity contribution >= 4 is 11.9 Å². The first-order chi connectivity index (χ1) is 10.7. The molecule has 3 fully saturated rings. The van der Waals surface area contributed by atoms with Gasteiger partial charge in [-0.25, -0.2) is 4.79 Å². The van der Waals surface area contributed by atoms with Gasteiger partial charge < -0.3 is 15.2 Å². The molecule has 2 N–H and O–H groups in total. The van der Waals surface area contributed by atoms with Gasteiger partial charge in [-0.15, -0.1) is 0 Å². The van der Waals surface area contributed by atoms with E-state index in [1.807, 2.05) is 0 Å². The Kier molecular flexibility index (Phi) is 5.51. The number of carbonyl (C=O) groups is 2. The number of amides is 1. The number of aliphatic carboxylic acids is 1. The zero-order valence-electron chi connectivity index (χ0n) is 12.8. The SMILES string of the molecule is CNC(=O)[C@H]1C[C@@H]2CN(CC3CC3)C[C@H]1O2.O=C(O)C(F)(F)F. The van der Waals surface area contributed by atoms with Gasteiger partial charge in [0.2, 0.25) is 5.91 Å². The first kappa shape index (κ1) is 18.0. The minimum Gasteiger partial charge on any atom is -0.475 e. The molecule has 1 saturated carbocycles. The van der Waals surface area contributed by atoms with Crippen molar-refractivity contribution in [2.45, 2.75) is 37.6 Å². The third-order valence-corrected chi connectivity index (χ3v) is 4.27. The molecule has 2 saturated heterocycles. The van der Waals surface area contributed by atoms with Gasteiger partial charge in [0.05, 0.1) is 18.1 Å². The van der Waals surface area contributed by atoms with Crippen LogP contribution in [0.2, 0.25) is 0 Å².